The molecule has 17 nitrogen and oxygen atoms in total. The van der Waals surface area contributed by atoms with Crippen LogP contribution < -0.4 is 16.0 Å². The molecule has 0 aliphatic heterocycles. The van der Waals surface area contributed by atoms with Crippen molar-refractivity contribution < 1.29 is 66.9 Å². The van der Waals surface area contributed by atoms with Crippen LogP contribution in [-0.4, -0.2) is 105 Å². The Balaban J connectivity index is -0.000000158. The summed E-state index contributed by atoms with van der Waals surface area (Å²) in [5.74, 6) is 2.19. The van der Waals surface area contributed by atoms with E-state index in [9.17, 15) is 47.9 Å². The lowest BCUT2D eigenvalue weighted by molar-refractivity contribution is -0.154. The van der Waals surface area contributed by atoms with Gasteiger partial charge in [-0.15, -0.1) is 0 Å². The molecule has 2 atom stereocenters. The summed E-state index contributed by atoms with van der Waals surface area (Å²) in [4.78, 5) is 104. The number of carbonyl (C=O) groups is 10. The quantitative estimate of drug-likeness (QED) is 0.0333. The molecule has 3 amide bonds. The average Bonchev–Trinajstić information content (AvgIpc) is 0.891. The molecule has 17 heteroatoms. The number of allylic oxidation sites excluding steroid dienone is 5. The Hall–Kier alpha value is -7.56. The van der Waals surface area contributed by atoms with Crippen LogP contribution in [0, 0.1) is 40.4 Å². The van der Waals surface area contributed by atoms with E-state index in [1.165, 1.54) is 109 Å². The van der Waals surface area contributed by atoms with Crippen molar-refractivity contribution in [3.63, 3.8) is 0 Å². The number of amides is 3. The molecule has 0 heterocycles. The van der Waals surface area contributed by atoms with Crippen molar-refractivity contribution in [3.05, 3.63) is 136 Å². The van der Waals surface area contributed by atoms with Gasteiger partial charge in [0, 0.05) is 50.0 Å². The van der Waals surface area contributed by atoms with Gasteiger partial charge in [0.15, 0.2) is 17.3 Å². The largest absolute Gasteiger partial charge is 0.463 e. The predicted molar refractivity (Wildman–Crippen MR) is 409 cm³/mol. The van der Waals surface area contributed by atoms with Gasteiger partial charge in [-0.05, 0) is 190 Å². The molecule has 562 valence electrons. The molecule has 0 radical (unpaired) electrons. The van der Waals surface area contributed by atoms with Gasteiger partial charge < -0.3 is 34.9 Å². The third kappa shape index (κ3) is 84.5. The van der Waals surface area contributed by atoms with Crippen molar-refractivity contribution in [1.29, 1.82) is 0 Å². The minimum absolute atomic E-state index is 0.0185. The molecule has 98 heavy (non-hydrogen) atoms. The first kappa shape index (κ1) is 106. The maximum Gasteiger partial charge on any atom is 0.333 e. The van der Waals surface area contributed by atoms with Gasteiger partial charge >= 0.3 is 23.9 Å². The van der Waals surface area contributed by atoms with Gasteiger partial charge in [-0.1, -0.05) is 192 Å². The second-order valence-corrected chi connectivity index (χ2v) is 27.9. The topological polar surface area (TPSA) is 244 Å². The molecule has 2 fully saturated rings. The van der Waals surface area contributed by atoms with Crippen LogP contribution in [0.1, 0.15) is 235 Å². The van der Waals surface area contributed by atoms with Crippen molar-refractivity contribution in [3.8, 4) is 0 Å². The van der Waals surface area contributed by atoms with Gasteiger partial charge in [0.2, 0.25) is 17.7 Å². The molecule has 2 rings (SSSR count). The zero-order chi connectivity index (χ0) is 78.5. The van der Waals surface area contributed by atoms with Crippen LogP contribution in [0.2, 0.25) is 0 Å². The highest BCUT2D eigenvalue weighted by Crippen LogP contribution is 2.39. The number of carbonyl (C=O) groups excluding carboxylic acids is 10. The highest BCUT2D eigenvalue weighted by Gasteiger charge is 2.30. The maximum atomic E-state index is 11.3. The van der Waals surface area contributed by atoms with Gasteiger partial charge in [0.1, 0.15) is 11.7 Å². The first-order valence-corrected chi connectivity index (χ1v) is 34.0. The molecule has 0 saturated heterocycles. The molecule has 0 aromatic heterocycles. The van der Waals surface area contributed by atoms with Gasteiger partial charge in [-0.3, -0.25) is 28.8 Å². The van der Waals surface area contributed by atoms with Crippen molar-refractivity contribution >= 4 is 58.9 Å². The zero-order valence-corrected chi connectivity index (χ0v) is 65.8. The van der Waals surface area contributed by atoms with E-state index in [0.29, 0.717) is 58.3 Å². The second-order valence-electron chi connectivity index (χ2n) is 27.9. The minimum Gasteiger partial charge on any atom is -0.463 e. The van der Waals surface area contributed by atoms with Crippen LogP contribution in [0.25, 0.3) is 0 Å². The smallest absolute Gasteiger partial charge is 0.333 e. The molecule has 2 saturated carbocycles. The Morgan fingerprint density at radius 3 is 1.18 bits per heavy atom. The Kier molecular flexibility index (Phi) is 69.7. The fourth-order valence-electron chi connectivity index (χ4n) is 7.92. The monoisotopic (exact) mass is 1380 g/mol. The molecule has 0 bridgehead atoms. The number of hydrogen-bond acceptors (Lipinski definition) is 14. The Morgan fingerprint density at radius 1 is 0.469 bits per heavy atom. The number of ether oxygens (including phenoxy) is 4. The normalized spacial score (nSPS) is 14.0. The van der Waals surface area contributed by atoms with Crippen molar-refractivity contribution in [2.45, 2.75) is 246 Å². The molecule has 2 aliphatic carbocycles. The highest BCUT2D eigenvalue weighted by molar-refractivity contribution is 5.93. The summed E-state index contributed by atoms with van der Waals surface area (Å²) in [6, 6.07) is 0. The SMILES string of the molecule is C=C(C)C(=O)NC.C=C(C)C(=O)OC(C)(C)CC(C)(C)C.C=C(C)C(=O)OCC(C)C/C=C/CC(C)(C)C.C=C(C)C(C)=O.C=C(C)C(C)=O.C=CC(=O)NC.C=CC(=O)NC.C=CC(=O)OC1CCC(C2CCCCC2)CC1.C=CC(=O)OCCC(C)CCC(C)C.C=CC(C)=O. The number of ketones is 3. The van der Waals surface area contributed by atoms with E-state index >= 15 is 0 Å². The summed E-state index contributed by atoms with van der Waals surface area (Å²) in [7, 11) is 4.70. The van der Waals surface area contributed by atoms with E-state index < -0.39 is 5.60 Å². The third-order valence-corrected chi connectivity index (χ3v) is 13.7. The van der Waals surface area contributed by atoms with E-state index in [-0.39, 0.29) is 70.5 Å². The summed E-state index contributed by atoms with van der Waals surface area (Å²) in [6.07, 6.45) is 28.8. The van der Waals surface area contributed by atoms with Crippen molar-refractivity contribution in [2.75, 3.05) is 34.4 Å². The van der Waals surface area contributed by atoms with E-state index in [0.717, 1.165) is 56.3 Å². The maximum absolute atomic E-state index is 11.3. The molecule has 0 spiro atoms. The average molecular weight is 1380 g/mol. The third-order valence-electron chi connectivity index (χ3n) is 13.7. The molecule has 0 aromatic carbocycles. The highest BCUT2D eigenvalue weighted by atomic mass is 16.6. The van der Waals surface area contributed by atoms with Crippen LogP contribution in [0.5, 0.6) is 0 Å². The minimum atomic E-state index is -0.422. The molecule has 2 aliphatic rings. The first-order valence-electron chi connectivity index (χ1n) is 34.0. The van der Waals surface area contributed by atoms with Gasteiger partial charge in [-0.2, -0.15) is 0 Å². The van der Waals surface area contributed by atoms with Crippen LogP contribution in [0.3, 0.4) is 0 Å². The number of hydrogen-bond donors (Lipinski definition) is 3. The molecular weight excluding hydrogens is 1240 g/mol. The fraction of sp³-hybridized carbons (Fsp3) is 0.605. The predicted octanol–water partition coefficient (Wildman–Crippen LogP) is 17.7. The van der Waals surface area contributed by atoms with Crippen LogP contribution in [-0.2, 0) is 66.9 Å². The fourth-order valence-corrected chi connectivity index (χ4v) is 7.92. The molecule has 3 N–H and O–H groups in total. The van der Waals surface area contributed by atoms with Gasteiger partial charge in [0.25, 0.3) is 0 Å². The van der Waals surface area contributed by atoms with E-state index in [2.05, 4.69) is 163 Å². The number of Topliss-reactive ketones (excluding diaryl/α,β-unsaturated/α-hetero) is 2. The lowest BCUT2D eigenvalue weighted by atomic mass is 9.73. The summed E-state index contributed by atoms with van der Waals surface area (Å²) >= 11 is 0. The summed E-state index contributed by atoms with van der Waals surface area (Å²) in [5.41, 5.74) is 2.76. The number of rotatable bonds is 25. The zero-order valence-electron chi connectivity index (χ0n) is 65.8. The Morgan fingerprint density at radius 2 is 0.888 bits per heavy atom. The molecule has 2 unspecified atom stereocenters. The summed E-state index contributed by atoms with van der Waals surface area (Å²) in [5, 5.41) is 7.14. The van der Waals surface area contributed by atoms with Gasteiger partial charge in [-0.25, -0.2) is 19.2 Å². The van der Waals surface area contributed by atoms with Crippen molar-refractivity contribution in [1.82, 2.24) is 16.0 Å². The van der Waals surface area contributed by atoms with Crippen LogP contribution >= 0.6 is 0 Å². The second kappa shape index (κ2) is 64.1. The Labute approximate surface area is 596 Å². The van der Waals surface area contributed by atoms with E-state index in [4.69, 9.17) is 18.9 Å². The number of likely N-dealkylation sites (N-methyl/N-ethyl adjacent to an activating group) is 3. The van der Waals surface area contributed by atoms with E-state index in [1.807, 2.05) is 13.8 Å². The first-order chi connectivity index (χ1) is 45.0. The lowest BCUT2D eigenvalue weighted by Gasteiger charge is -2.35. The molecular formula is C81H139N3O14. The van der Waals surface area contributed by atoms with E-state index in [1.54, 1.807) is 55.8 Å². The van der Waals surface area contributed by atoms with Crippen LogP contribution in [0.15, 0.2) is 136 Å². The summed E-state index contributed by atoms with van der Waals surface area (Å²) in [6.45, 7) is 73.2. The van der Waals surface area contributed by atoms with Gasteiger partial charge in [0.05, 0.1) is 13.2 Å². The van der Waals surface area contributed by atoms with Crippen LogP contribution in [0.4, 0.5) is 0 Å². The Bertz CT molecular complexity index is 2410. The number of esters is 4. The standard InChI is InChI=1S/C15H24O2.C15H26O2.2C12H22O2.C5H9NO.2C5H8O.2C4H7NO.C4H6O/c1-2-15(16)17-14-10-8-13(9-11-14)12-6-4-3-5-7-12;1-12(2)14(16)17-11-13(3)9-7-8-10-15(4,5)6;1-9(2)10(13)14-12(6,7)8-11(3,4)5;1-5-12(13)14-9-8-11(4)7-6-10(2)3;1-4(2)5(7)6-3;2*1-4(2)5(3)6;2*1-3-4(6)5-2;1-3-4(2)5/h2,12-14H,1,3-11H2;7-8,13H,1,9-11H2,2-6H3;1,8H2,2-7H3;5,10-11H,1,6-9H2,2-4H3;1H2,2-3H3,(H,6,7);2*1H2,2-3H3;2*3H,1H2,2H3,(H,5,6);3H,1H2,2H3/b;8-7+;;;;;;;;. The van der Waals surface area contributed by atoms with Crippen molar-refractivity contribution in [2.24, 2.45) is 40.4 Å². The number of nitrogens with one attached hydrogen (secondary N) is 3. The summed E-state index contributed by atoms with van der Waals surface area (Å²) < 4.78 is 20.7. The lowest BCUT2D eigenvalue weighted by Crippen LogP contribution is -2.32. The molecule has 0 aromatic rings.